The van der Waals surface area contributed by atoms with Crippen LogP contribution >= 0.6 is 11.8 Å². The Balaban J connectivity index is 2.42. The number of hydrogen-bond acceptors (Lipinski definition) is 5. The molecule has 0 saturated carbocycles. The van der Waals surface area contributed by atoms with E-state index in [4.69, 9.17) is 5.11 Å². The molecule has 94 valence electrons. The van der Waals surface area contributed by atoms with Gasteiger partial charge < -0.3 is 20.8 Å². The van der Waals surface area contributed by atoms with Gasteiger partial charge in [-0.2, -0.15) is 11.8 Å². The summed E-state index contributed by atoms with van der Waals surface area (Å²) < 4.78 is 0. The normalized spacial score (nSPS) is 22.2. The van der Waals surface area contributed by atoms with Gasteiger partial charge in [0.05, 0.1) is 17.6 Å². The van der Waals surface area contributed by atoms with Gasteiger partial charge in [0.15, 0.2) is 0 Å². The highest BCUT2D eigenvalue weighted by atomic mass is 32.2. The third-order valence-corrected chi connectivity index (χ3v) is 3.63. The molecule has 0 aromatic heterocycles. The van der Waals surface area contributed by atoms with E-state index in [1.807, 2.05) is 6.26 Å². The van der Waals surface area contributed by atoms with Crippen molar-refractivity contribution in [3.05, 3.63) is 0 Å². The molecule has 4 N–H and O–H groups in total. The molecule has 1 rings (SSSR count). The van der Waals surface area contributed by atoms with Crippen molar-refractivity contribution in [2.24, 2.45) is 0 Å². The summed E-state index contributed by atoms with van der Waals surface area (Å²) in [5, 5.41) is 25.0. The molecule has 1 saturated heterocycles. The molecule has 0 radical (unpaired) electrons. The molecular formula is C10H20N2O3S. The summed E-state index contributed by atoms with van der Waals surface area (Å²) in [4.78, 5) is 10.7. The Morgan fingerprint density at radius 1 is 1.62 bits per heavy atom. The molecule has 0 aromatic carbocycles. The van der Waals surface area contributed by atoms with Crippen LogP contribution in [0.3, 0.4) is 0 Å². The van der Waals surface area contributed by atoms with Crippen molar-refractivity contribution in [1.29, 1.82) is 0 Å². The average Bonchev–Trinajstić information content (AvgIpc) is 2.09. The Bertz CT molecular complexity index is 254. The molecule has 6 heteroatoms. The lowest BCUT2D eigenvalue weighted by Crippen LogP contribution is -2.70. The average molecular weight is 248 g/mol. The lowest BCUT2D eigenvalue weighted by molar-refractivity contribution is -0.139. The molecule has 1 unspecified atom stereocenters. The third kappa shape index (κ3) is 3.93. The van der Waals surface area contributed by atoms with Gasteiger partial charge in [0.2, 0.25) is 0 Å². The largest absolute Gasteiger partial charge is 0.481 e. The van der Waals surface area contributed by atoms with Gasteiger partial charge in [-0.1, -0.05) is 0 Å². The molecule has 1 aliphatic rings. The Hall–Kier alpha value is -0.300. The minimum absolute atomic E-state index is 0.0926. The maximum absolute atomic E-state index is 10.7. The van der Waals surface area contributed by atoms with Crippen LogP contribution in [-0.4, -0.2) is 59.0 Å². The Kier molecular flexibility index (Phi) is 4.61. The number of nitrogens with one attached hydrogen (secondary N) is 2. The van der Waals surface area contributed by atoms with Crippen LogP contribution in [0.15, 0.2) is 0 Å². The van der Waals surface area contributed by atoms with Crippen molar-refractivity contribution in [2.45, 2.75) is 24.5 Å². The van der Waals surface area contributed by atoms with Crippen LogP contribution in [0.4, 0.5) is 0 Å². The highest BCUT2D eigenvalue weighted by Crippen LogP contribution is 2.18. The van der Waals surface area contributed by atoms with Gasteiger partial charge in [-0.05, 0) is 13.2 Å². The number of carboxylic acids is 1. The first-order chi connectivity index (χ1) is 7.39. The number of aliphatic carboxylic acids is 1. The zero-order valence-electron chi connectivity index (χ0n) is 9.75. The van der Waals surface area contributed by atoms with Gasteiger partial charge >= 0.3 is 5.97 Å². The van der Waals surface area contributed by atoms with Crippen molar-refractivity contribution in [3.8, 4) is 0 Å². The second-order valence-electron chi connectivity index (χ2n) is 4.74. The topological polar surface area (TPSA) is 81.6 Å². The van der Waals surface area contributed by atoms with Crippen LogP contribution in [0.25, 0.3) is 0 Å². The van der Waals surface area contributed by atoms with Crippen molar-refractivity contribution in [1.82, 2.24) is 10.6 Å². The van der Waals surface area contributed by atoms with Gasteiger partial charge in [0.25, 0.3) is 0 Å². The van der Waals surface area contributed by atoms with E-state index in [1.54, 1.807) is 18.7 Å². The molecule has 1 atom stereocenters. The van der Waals surface area contributed by atoms with E-state index in [-0.39, 0.29) is 12.0 Å². The SMILES string of the molecule is CSCC(C)(O)CNC1(CC(=O)O)CNC1. The summed E-state index contributed by atoms with van der Waals surface area (Å²) in [6.07, 6.45) is 2.03. The molecule has 0 aliphatic carbocycles. The number of thioether (sulfide) groups is 1. The molecular weight excluding hydrogens is 228 g/mol. The maximum Gasteiger partial charge on any atom is 0.305 e. The number of carboxylic acid groups (broad SMARTS) is 1. The summed E-state index contributed by atoms with van der Waals surface area (Å²) in [7, 11) is 0. The standard InChI is InChI=1S/C10H20N2O3S/c1-9(15,7-16-2)4-12-10(3-8(13)14)5-11-6-10/h11-12,15H,3-7H2,1-2H3,(H,13,14). The van der Waals surface area contributed by atoms with E-state index in [1.165, 1.54) is 0 Å². The molecule has 0 bridgehead atoms. The Morgan fingerprint density at radius 3 is 2.62 bits per heavy atom. The second kappa shape index (κ2) is 5.35. The van der Waals surface area contributed by atoms with Gasteiger partial charge in [0, 0.05) is 25.4 Å². The molecule has 5 nitrogen and oxygen atoms in total. The van der Waals surface area contributed by atoms with E-state index >= 15 is 0 Å². The predicted octanol–water partition coefficient (Wildman–Crippen LogP) is -0.493. The monoisotopic (exact) mass is 248 g/mol. The molecule has 1 aliphatic heterocycles. The Morgan fingerprint density at radius 2 is 2.25 bits per heavy atom. The van der Waals surface area contributed by atoms with Crippen molar-refractivity contribution < 1.29 is 15.0 Å². The van der Waals surface area contributed by atoms with E-state index in [0.717, 1.165) is 0 Å². The van der Waals surface area contributed by atoms with Gasteiger partial charge in [-0.15, -0.1) is 0 Å². The van der Waals surface area contributed by atoms with E-state index in [2.05, 4.69) is 10.6 Å². The van der Waals surface area contributed by atoms with Gasteiger partial charge in [0.1, 0.15) is 0 Å². The van der Waals surface area contributed by atoms with Crippen LogP contribution in [0.2, 0.25) is 0 Å². The highest BCUT2D eigenvalue weighted by molar-refractivity contribution is 7.98. The first-order valence-corrected chi connectivity index (χ1v) is 6.67. The molecule has 0 aromatic rings. The summed E-state index contributed by atoms with van der Waals surface area (Å²) in [6, 6.07) is 0. The number of aliphatic hydroxyl groups is 1. The van der Waals surface area contributed by atoms with Gasteiger partial charge in [-0.25, -0.2) is 0 Å². The molecule has 1 fully saturated rings. The predicted molar refractivity (Wildman–Crippen MR) is 64.9 cm³/mol. The van der Waals surface area contributed by atoms with E-state index in [9.17, 15) is 9.90 Å². The summed E-state index contributed by atoms with van der Waals surface area (Å²) in [6.45, 7) is 3.48. The number of hydrogen-bond donors (Lipinski definition) is 4. The fraction of sp³-hybridized carbons (Fsp3) is 0.900. The van der Waals surface area contributed by atoms with Gasteiger partial charge in [-0.3, -0.25) is 4.79 Å². The first kappa shape index (κ1) is 13.8. The van der Waals surface area contributed by atoms with Crippen molar-refractivity contribution in [2.75, 3.05) is 31.6 Å². The number of β-amino-alcohol motifs (C(OH)–C–C–N with tert-alkyl or cyclic N) is 1. The molecule has 0 spiro atoms. The highest BCUT2D eigenvalue weighted by Gasteiger charge is 2.39. The minimum atomic E-state index is -0.807. The fourth-order valence-electron chi connectivity index (χ4n) is 1.77. The summed E-state index contributed by atoms with van der Waals surface area (Å²) >= 11 is 1.58. The molecule has 16 heavy (non-hydrogen) atoms. The van der Waals surface area contributed by atoms with Crippen LogP contribution in [0.5, 0.6) is 0 Å². The zero-order chi connectivity index (χ0) is 12.2. The quantitative estimate of drug-likeness (QED) is 0.487. The number of rotatable bonds is 7. The molecule has 1 heterocycles. The summed E-state index contributed by atoms with van der Waals surface area (Å²) in [5.74, 6) is -0.171. The van der Waals surface area contributed by atoms with Crippen molar-refractivity contribution >= 4 is 17.7 Å². The lowest BCUT2D eigenvalue weighted by Gasteiger charge is -2.44. The van der Waals surface area contributed by atoms with Crippen LogP contribution in [0, 0.1) is 0 Å². The van der Waals surface area contributed by atoms with Crippen molar-refractivity contribution in [3.63, 3.8) is 0 Å². The maximum atomic E-state index is 10.7. The van der Waals surface area contributed by atoms with E-state index in [0.29, 0.717) is 25.4 Å². The van der Waals surface area contributed by atoms with E-state index < -0.39 is 11.6 Å². The fourth-order valence-corrected chi connectivity index (χ4v) is 2.49. The molecule has 0 amide bonds. The number of carbonyl (C=O) groups is 1. The third-order valence-electron chi connectivity index (χ3n) is 2.72. The minimum Gasteiger partial charge on any atom is -0.481 e. The van der Waals surface area contributed by atoms with Crippen LogP contribution < -0.4 is 10.6 Å². The zero-order valence-corrected chi connectivity index (χ0v) is 10.6. The van der Waals surface area contributed by atoms with Crippen LogP contribution in [0.1, 0.15) is 13.3 Å². The van der Waals surface area contributed by atoms with Crippen LogP contribution in [-0.2, 0) is 4.79 Å². The first-order valence-electron chi connectivity index (χ1n) is 5.28. The lowest BCUT2D eigenvalue weighted by atomic mass is 9.88. The second-order valence-corrected chi connectivity index (χ2v) is 5.60. The smallest absolute Gasteiger partial charge is 0.305 e. The summed E-state index contributed by atoms with van der Waals surface area (Å²) in [5.41, 5.74) is -1.17. The Labute approximate surface area is 100.0 Å².